The van der Waals surface area contributed by atoms with Crippen molar-refractivity contribution in [2.45, 2.75) is 78.9 Å². The van der Waals surface area contributed by atoms with E-state index in [1.165, 1.54) is 17.3 Å². The van der Waals surface area contributed by atoms with Crippen molar-refractivity contribution in [2.75, 3.05) is 36.4 Å². The second-order valence-electron chi connectivity index (χ2n) is 15.0. The zero-order valence-electron chi connectivity index (χ0n) is 30.4. The molecular formula is C38H48F2N8OSi. The average Bonchev–Trinajstić information content (AvgIpc) is 3.42. The number of imidazole rings is 1. The summed E-state index contributed by atoms with van der Waals surface area (Å²) in [6.45, 7) is 22.5. The Hall–Kier alpha value is -4.26. The van der Waals surface area contributed by atoms with Crippen LogP contribution in [0.5, 0.6) is 0 Å². The number of halogens is 2. The van der Waals surface area contributed by atoms with Crippen molar-refractivity contribution in [3.05, 3.63) is 89.5 Å². The molecule has 4 heterocycles. The maximum absolute atomic E-state index is 15.1. The number of aromatic nitrogens is 5. The fourth-order valence-corrected chi connectivity index (χ4v) is 7.06. The topological polar surface area (TPSA) is 84.2 Å². The largest absolute Gasteiger partial charge is 0.413 e. The van der Waals surface area contributed by atoms with Crippen LogP contribution in [-0.4, -0.2) is 63.9 Å². The summed E-state index contributed by atoms with van der Waals surface area (Å²) in [6.07, 6.45) is 2.92. The zero-order chi connectivity index (χ0) is 35.8. The van der Waals surface area contributed by atoms with E-state index in [0.717, 1.165) is 44.5 Å². The van der Waals surface area contributed by atoms with E-state index in [2.05, 4.69) is 93.2 Å². The zero-order valence-corrected chi connectivity index (χ0v) is 31.4. The SMILES string of the molecule is Cc1nc2c(F)cc(-c3nc(Nc4ccc(CN5CCN(c6ccc(CO[Si](C)(C)C(C)(C)C)cc6)CC5)cn4)ncc3F)cc2n1C(C)C. The summed E-state index contributed by atoms with van der Waals surface area (Å²) >= 11 is 0. The van der Waals surface area contributed by atoms with Gasteiger partial charge in [-0.15, -0.1) is 0 Å². The Morgan fingerprint density at radius 2 is 1.58 bits per heavy atom. The van der Waals surface area contributed by atoms with E-state index < -0.39 is 20.0 Å². The van der Waals surface area contributed by atoms with Gasteiger partial charge in [-0.25, -0.2) is 28.7 Å². The van der Waals surface area contributed by atoms with Crippen LogP contribution < -0.4 is 10.2 Å². The highest BCUT2D eigenvalue weighted by Crippen LogP contribution is 2.37. The lowest BCUT2D eigenvalue weighted by molar-refractivity contribution is 0.249. The van der Waals surface area contributed by atoms with Crippen molar-refractivity contribution in [3.8, 4) is 11.3 Å². The second kappa shape index (κ2) is 14.2. The highest BCUT2D eigenvalue weighted by molar-refractivity contribution is 6.74. The van der Waals surface area contributed by atoms with Gasteiger partial charge in [0.1, 0.15) is 22.9 Å². The lowest BCUT2D eigenvalue weighted by Gasteiger charge is -2.37. The Labute approximate surface area is 294 Å². The van der Waals surface area contributed by atoms with Gasteiger partial charge >= 0.3 is 0 Å². The molecule has 1 N–H and O–H groups in total. The van der Waals surface area contributed by atoms with Gasteiger partial charge < -0.3 is 19.2 Å². The van der Waals surface area contributed by atoms with Crippen LogP contribution in [0, 0.1) is 18.6 Å². The first kappa shape index (κ1) is 35.6. The van der Waals surface area contributed by atoms with Crippen LogP contribution in [0.25, 0.3) is 22.3 Å². The Bertz CT molecular complexity index is 1950. The Morgan fingerprint density at radius 3 is 2.22 bits per heavy atom. The number of pyridine rings is 1. The minimum absolute atomic E-state index is 0.000165. The van der Waals surface area contributed by atoms with Crippen LogP contribution in [0.15, 0.2) is 60.9 Å². The summed E-state index contributed by atoms with van der Waals surface area (Å²) in [5, 5.41) is 3.27. The molecule has 0 saturated carbocycles. The van der Waals surface area contributed by atoms with Gasteiger partial charge in [0.05, 0.1) is 18.3 Å². The maximum atomic E-state index is 15.1. The van der Waals surface area contributed by atoms with E-state index in [-0.39, 0.29) is 28.2 Å². The van der Waals surface area contributed by atoms with Crippen LogP contribution in [0.3, 0.4) is 0 Å². The number of anilines is 3. The molecule has 50 heavy (non-hydrogen) atoms. The van der Waals surface area contributed by atoms with E-state index in [9.17, 15) is 4.39 Å². The van der Waals surface area contributed by atoms with E-state index >= 15 is 4.39 Å². The summed E-state index contributed by atoms with van der Waals surface area (Å²) in [5.41, 5.74) is 4.71. The van der Waals surface area contributed by atoms with E-state index in [1.807, 2.05) is 43.7 Å². The minimum Gasteiger partial charge on any atom is -0.413 e. The van der Waals surface area contributed by atoms with Crippen LogP contribution in [0.1, 0.15) is 57.6 Å². The molecule has 0 bridgehead atoms. The van der Waals surface area contributed by atoms with Crippen LogP contribution in [-0.2, 0) is 17.6 Å². The monoisotopic (exact) mass is 698 g/mol. The van der Waals surface area contributed by atoms with Gasteiger partial charge in [0.25, 0.3) is 0 Å². The molecule has 12 heteroatoms. The molecule has 3 aromatic heterocycles. The molecule has 264 valence electrons. The van der Waals surface area contributed by atoms with Gasteiger partial charge in [-0.1, -0.05) is 39.0 Å². The number of nitrogens with one attached hydrogen (secondary N) is 1. The lowest BCUT2D eigenvalue weighted by Crippen LogP contribution is -2.46. The first-order valence-corrected chi connectivity index (χ1v) is 20.2. The third kappa shape index (κ3) is 7.72. The van der Waals surface area contributed by atoms with Gasteiger partial charge in [0.2, 0.25) is 5.95 Å². The van der Waals surface area contributed by atoms with Crippen LogP contribution in [0.2, 0.25) is 18.1 Å². The summed E-state index contributed by atoms with van der Waals surface area (Å²) in [7, 11) is -1.78. The molecule has 1 saturated heterocycles. The fraction of sp³-hybridized carbons (Fsp3) is 0.421. The average molecular weight is 699 g/mol. The van der Waals surface area contributed by atoms with Crippen LogP contribution >= 0.6 is 0 Å². The first-order valence-electron chi connectivity index (χ1n) is 17.3. The van der Waals surface area contributed by atoms with Crippen LogP contribution in [0.4, 0.5) is 26.2 Å². The predicted molar refractivity (Wildman–Crippen MR) is 199 cm³/mol. The molecule has 9 nitrogen and oxygen atoms in total. The Balaban J connectivity index is 1.04. The van der Waals surface area contributed by atoms with Crippen molar-refractivity contribution in [2.24, 2.45) is 0 Å². The van der Waals surface area contributed by atoms with Gasteiger partial charge in [-0.05, 0) is 80.4 Å². The predicted octanol–water partition coefficient (Wildman–Crippen LogP) is 8.64. The normalized spacial score (nSPS) is 14.6. The Kier molecular flexibility index (Phi) is 10.1. The number of rotatable bonds is 10. The maximum Gasteiger partial charge on any atom is 0.229 e. The fourth-order valence-electron chi connectivity index (χ4n) is 6.10. The summed E-state index contributed by atoms with van der Waals surface area (Å²) < 4.78 is 38.4. The number of hydrogen-bond acceptors (Lipinski definition) is 8. The molecule has 1 aliphatic rings. The summed E-state index contributed by atoms with van der Waals surface area (Å²) in [6, 6.07) is 15.7. The molecule has 0 aliphatic carbocycles. The smallest absolute Gasteiger partial charge is 0.229 e. The van der Waals surface area contributed by atoms with Crippen molar-refractivity contribution in [1.82, 2.24) is 29.4 Å². The molecule has 0 unspecified atom stereocenters. The molecule has 5 aromatic rings. The van der Waals surface area contributed by atoms with Gasteiger partial charge in [-0.2, -0.15) is 0 Å². The van der Waals surface area contributed by atoms with Crippen molar-refractivity contribution >= 4 is 36.8 Å². The van der Waals surface area contributed by atoms with Crippen molar-refractivity contribution in [1.29, 1.82) is 0 Å². The van der Waals surface area contributed by atoms with Gasteiger partial charge in [0, 0.05) is 56.2 Å². The summed E-state index contributed by atoms with van der Waals surface area (Å²) in [4.78, 5) is 22.3. The number of hydrogen-bond donors (Lipinski definition) is 1. The third-order valence-electron chi connectivity index (χ3n) is 10.0. The number of fused-ring (bicyclic) bond motifs is 1. The molecule has 0 spiro atoms. The van der Waals surface area contributed by atoms with E-state index in [1.54, 1.807) is 6.07 Å². The molecule has 1 aliphatic heterocycles. The highest BCUT2D eigenvalue weighted by atomic mass is 28.4. The Morgan fingerprint density at radius 1 is 0.880 bits per heavy atom. The van der Waals surface area contributed by atoms with Gasteiger partial charge in [-0.3, -0.25) is 4.90 Å². The quantitative estimate of drug-likeness (QED) is 0.145. The molecule has 6 rings (SSSR count). The molecule has 0 radical (unpaired) electrons. The molecular weight excluding hydrogens is 651 g/mol. The number of benzene rings is 2. The summed E-state index contributed by atoms with van der Waals surface area (Å²) in [5.74, 6) is 0.224. The van der Waals surface area contributed by atoms with Gasteiger partial charge in [0.15, 0.2) is 20.0 Å². The molecule has 1 fully saturated rings. The number of aryl methyl sites for hydroxylation is 1. The van der Waals surface area contributed by atoms with E-state index in [0.29, 0.717) is 29.3 Å². The molecule has 0 amide bonds. The van der Waals surface area contributed by atoms with Crippen molar-refractivity contribution in [3.63, 3.8) is 0 Å². The van der Waals surface area contributed by atoms with E-state index in [4.69, 9.17) is 4.43 Å². The minimum atomic E-state index is -1.78. The first-order chi connectivity index (χ1) is 23.7. The lowest BCUT2D eigenvalue weighted by atomic mass is 10.1. The number of piperazine rings is 1. The van der Waals surface area contributed by atoms with Crippen molar-refractivity contribution < 1.29 is 13.2 Å². The number of nitrogens with zero attached hydrogens (tertiary/aromatic N) is 7. The standard InChI is InChI=1S/C38H48F2N8OSi/c1-25(2)48-26(3)43-36-31(39)19-29(20-33(36)48)35-32(40)22-42-37(45-35)44-34-14-11-28(21-41-34)23-46-15-17-47(18-16-46)30-12-9-27(10-13-30)24-49-50(7,8)38(4,5)6/h9-14,19-22,25H,15-18,23-24H2,1-8H3,(H,41,42,44,45). The molecule has 2 aromatic carbocycles. The second-order valence-corrected chi connectivity index (χ2v) is 19.8. The molecule has 0 atom stereocenters. The third-order valence-corrected chi connectivity index (χ3v) is 14.5. The highest BCUT2D eigenvalue weighted by Gasteiger charge is 2.37.